The van der Waals surface area contributed by atoms with Crippen LogP contribution in [-0.4, -0.2) is 64.0 Å². The number of fused-ring (bicyclic) bond motifs is 1. The second-order valence-corrected chi connectivity index (χ2v) is 7.60. The van der Waals surface area contributed by atoms with Gasteiger partial charge in [-0.1, -0.05) is 24.3 Å². The Hall–Kier alpha value is -2.47. The van der Waals surface area contributed by atoms with Gasteiger partial charge in [0.2, 0.25) is 11.8 Å². The molecule has 27 heavy (non-hydrogen) atoms. The van der Waals surface area contributed by atoms with E-state index >= 15 is 0 Å². The van der Waals surface area contributed by atoms with Crippen LogP contribution in [0.1, 0.15) is 25.0 Å². The molecule has 142 valence electrons. The van der Waals surface area contributed by atoms with Gasteiger partial charge in [-0.15, -0.1) is 0 Å². The van der Waals surface area contributed by atoms with Gasteiger partial charge in [0, 0.05) is 43.1 Å². The van der Waals surface area contributed by atoms with Crippen LogP contribution < -0.4 is 0 Å². The standard InChI is InChI=1S/C21H25N3O3/c25-19-13-24(21(27)14-23-10-4-3-7-20(23)26)12-16(19)11-17-9-8-15-5-1-2-6-18(15)22-17/h1-2,5-6,8-9,16,19,25H,3-4,7,10-14H2/t16-,19-/m1/s1. The average molecular weight is 367 g/mol. The second-order valence-electron chi connectivity index (χ2n) is 7.60. The highest BCUT2D eigenvalue weighted by atomic mass is 16.3. The van der Waals surface area contributed by atoms with E-state index in [1.165, 1.54) is 0 Å². The molecule has 0 radical (unpaired) electrons. The number of hydrogen-bond acceptors (Lipinski definition) is 4. The Labute approximate surface area is 158 Å². The number of benzene rings is 1. The topological polar surface area (TPSA) is 73.7 Å². The molecule has 6 heteroatoms. The maximum absolute atomic E-state index is 12.6. The lowest BCUT2D eigenvalue weighted by Crippen LogP contribution is -2.44. The number of amides is 2. The maximum Gasteiger partial charge on any atom is 0.242 e. The predicted octanol–water partition coefficient (Wildman–Crippen LogP) is 1.61. The summed E-state index contributed by atoms with van der Waals surface area (Å²) in [5, 5.41) is 11.5. The molecule has 1 aromatic carbocycles. The molecule has 0 saturated carbocycles. The zero-order chi connectivity index (χ0) is 18.8. The van der Waals surface area contributed by atoms with Crippen molar-refractivity contribution in [2.24, 2.45) is 5.92 Å². The minimum atomic E-state index is -0.556. The van der Waals surface area contributed by atoms with E-state index < -0.39 is 6.10 Å². The Bertz CT molecular complexity index is 853. The quantitative estimate of drug-likeness (QED) is 0.891. The minimum absolute atomic E-state index is 0.0281. The van der Waals surface area contributed by atoms with Crippen LogP contribution >= 0.6 is 0 Å². The third-order valence-corrected chi connectivity index (χ3v) is 5.63. The van der Waals surface area contributed by atoms with Crippen molar-refractivity contribution in [1.29, 1.82) is 0 Å². The number of aliphatic hydroxyl groups is 1. The normalized spacial score (nSPS) is 23.2. The van der Waals surface area contributed by atoms with Gasteiger partial charge in [-0.05, 0) is 31.4 Å². The van der Waals surface area contributed by atoms with Crippen LogP contribution in [0.4, 0.5) is 0 Å². The number of aliphatic hydroxyl groups excluding tert-OH is 1. The maximum atomic E-state index is 12.6. The molecule has 1 aromatic heterocycles. The Kier molecular flexibility index (Phi) is 5.07. The van der Waals surface area contributed by atoms with E-state index in [0.717, 1.165) is 29.4 Å². The van der Waals surface area contributed by atoms with Gasteiger partial charge in [-0.25, -0.2) is 0 Å². The van der Waals surface area contributed by atoms with E-state index in [-0.39, 0.29) is 24.3 Å². The minimum Gasteiger partial charge on any atom is -0.391 e. The van der Waals surface area contributed by atoms with Gasteiger partial charge in [0.25, 0.3) is 0 Å². The molecule has 0 spiro atoms. The van der Waals surface area contributed by atoms with Crippen molar-refractivity contribution in [1.82, 2.24) is 14.8 Å². The fourth-order valence-corrected chi connectivity index (χ4v) is 4.04. The van der Waals surface area contributed by atoms with Crippen molar-refractivity contribution in [3.63, 3.8) is 0 Å². The zero-order valence-corrected chi connectivity index (χ0v) is 15.4. The summed E-state index contributed by atoms with van der Waals surface area (Å²) in [4.78, 5) is 32.5. The summed E-state index contributed by atoms with van der Waals surface area (Å²) in [5.74, 6) is -0.0378. The number of nitrogens with zero attached hydrogens (tertiary/aromatic N) is 3. The molecule has 0 bridgehead atoms. The van der Waals surface area contributed by atoms with E-state index in [1.54, 1.807) is 9.80 Å². The molecule has 2 aromatic rings. The fraction of sp³-hybridized carbons (Fsp3) is 0.476. The molecule has 3 heterocycles. The number of piperidine rings is 1. The monoisotopic (exact) mass is 367 g/mol. The van der Waals surface area contributed by atoms with Crippen LogP contribution in [0.3, 0.4) is 0 Å². The van der Waals surface area contributed by atoms with Gasteiger partial charge in [0.1, 0.15) is 0 Å². The lowest BCUT2D eigenvalue weighted by molar-refractivity contribution is -0.141. The van der Waals surface area contributed by atoms with Crippen LogP contribution in [0.25, 0.3) is 10.9 Å². The number of β-amino-alcohol motifs (C(OH)–C–C–N with tert-alkyl or cyclic N) is 1. The van der Waals surface area contributed by atoms with Crippen molar-refractivity contribution in [3.05, 3.63) is 42.1 Å². The summed E-state index contributed by atoms with van der Waals surface area (Å²) in [6.45, 7) is 1.63. The summed E-state index contributed by atoms with van der Waals surface area (Å²) in [5.41, 5.74) is 1.87. The molecule has 0 aliphatic carbocycles. The first-order valence-corrected chi connectivity index (χ1v) is 9.68. The van der Waals surface area contributed by atoms with Gasteiger partial charge in [-0.3, -0.25) is 14.6 Å². The van der Waals surface area contributed by atoms with Crippen molar-refractivity contribution in [2.75, 3.05) is 26.2 Å². The van der Waals surface area contributed by atoms with Crippen molar-refractivity contribution in [2.45, 2.75) is 31.8 Å². The van der Waals surface area contributed by atoms with Crippen LogP contribution in [0.15, 0.2) is 36.4 Å². The highest BCUT2D eigenvalue weighted by Crippen LogP contribution is 2.23. The summed E-state index contributed by atoms with van der Waals surface area (Å²) in [6, 6.07) is 12.0. The van der Waals surface area contributed by atoms with Crippen LogP contribution in [0, 0.1) is 5.92 Å². The van der Waals surface area contributed by atoms with Gasteiger partial charge < -0.3 is 14.9 Å². The highest BCUT2D eigenvalue weighted by molar-refractivity contribution is 5.85. The molecule has 2 aliphatic heterocycles. The smallest absolute Gasteiger partial charge is 0.242 e. The molecule has 2 saturated heterocycles. The number of rotatable bonds is 4. The van der Waals surface area contributed by atoms with Crippen molar-refractivity contribution >= 4 is 22.7 Å². The summed E-state index contributed by atoms with van der Waals surface area (Å²) < 4.78 is 0. The highest BCUT2D eigenvalue weighted by Gasteiger charge is 2.35. The van der Waals surface area contributed by atoms with E-state index in [2.05, 4.69) is 4.98 Å². The molecule has 1 N–H and O–H groups in total. The number of aromatic nitrogens is 1. The van der Waals surface area contributed by atoms with E-state index in [0.29, 0.717) is 32.5 Å². The third kappa shape index (κ3) is 3.95. The van der Waals surface area contributed by atoms with Crippen LogP contribution in [-0.2, 0) is 16.0 Å². The summed E-state index contributed by atoms with van der Waals surface area (Å²) >= 11 is 0. The SMILES string of the molecule is O=C1CCCCN1CC(=O)N1C[C@@H](Cc2ccc3ccccc3n2)[C@H](O)C1. The third-order valence-electron chi connectivity index (χ3n) is 5.63. The molecule has 0 unspecified atom stereocenters. The van der Waals surface area contributed by atoms with E-state index in [9.17, 15) is 14.7 Å². The van der Waals surface area contributed by atoms with E-state index in [1.807, 2.05) is 36.4 Å². The second kappa shape index (κ2) is 7.64. The molecule has 2 atom stereocenters. The number of hydrogen-bond donors (Lipinski definition) is 1. The predicted molar refractivity (Wildman–Crippen MR) is 102 cm³/mol. The lowest BCUT2D eigenvalue weighted by atomic mass is 9.99. The van der Waals surface area contributed by atoms with Gasteiger partial charge in [0.05, 0.1) is 18.2 Å². The first-order chi connectivity index (χ1) is 13.1. The average Bonchev–Trinajstić information content (AvgIpc) is 3.04. The first kappa shape index (κ1) is 17.9. The fourth-order valence-electron chi connectivity index (χ4n) is 4.04. The Morgan fingerprint density at radius 3 is 2.85 bits per heavy atom. The number of pyridine rings is 1. The van der Waals surface area contributed by atoms with Gasteiger partial charge in [0.15, 0.2) is 0 Å². The van der Waals surface area contributed by atoms with Crippen LogP contribution in [0.2, 0.25) is 0 Å². The Morgan fingerprint density at radius 2 is 2.00 bits per heavy atom. The van der Waals surface area contributed by atoms with Crippen molar-refractivity contribution < 1.29 is 14.7 Å². The zero-order valence-electron chi connectivity index (χ0n) is 15.4. The van der Waals surface area contributed by atoms with Crippen LogP contribution in [0.5, 0.6) is 0 Å². The Morgan fingerprint density at radius 1 is 1.15 bits per heavy atom. The van der Waals surface area contributed by atoms with Crippen molar-refractivity contribution in [3.8, 4) is 0 Å². The largest absolute Gasteiger partial charge is 0.391 e. The molecule has 2 fully saturated rings. The number of para-hydroxylation sites is 1. The number of carbonyl (C=O) groups is 2. The molecular formula is C21H25N3O3. The lowest BCUT2D eigenvalue weighted by Gasteiger charge is -2.28. The Balaban J connectivity index is 1.38. The first-order valence-electron chi connectivity index (χ1n) is 9.68. The number of carbonyl (C=O) groups excluding carboxylic acids is 2. The summed E-state index contributed by atoms with van der Waals surface area (Å²) in [7, 11) is 0. The molecule has 4 rings (SSSR count). The molecule has 6 nitrogen and oxygen atoms in total. The molecule has 2 aliphatic rings. The summed E-state index contributed by atoms with van der Waals surface area (Å²) in [6.07, 6.45) is 2.48. The van der Waals surface area contributed by atoms with Gasteiger partial charge >= 0.3 is 0 Å². The number of likely N-dealkylation sites (tertiary alicyclic amines) is 2. The molecule has 2 amide bonds. The van der Waals surface area contributed by atoms with Gasteiger partial charge in [-0.2, -0.15) is 0 Å². The molecular weight excluding hydrogens is 342 g/mol. The van der Waals surface area contributed by atoms with E-state index in [4.69, 9.17) is 0 Å².